The van der Waals surface area contributed by atoms with E-state index in [0.717, 1.165) is 17.8 Å². The molecule has 3 aromatic rings. The zero-order valence-electron chi connectivity index (χ0n) is 16.0. The van der Waals surface area contributed by atoms with Gasteiger partial charge in [0.25, 0.3) is 5.91 Å². The second kappa shape index (κ2) is 9.33. The maximum absolute atomic E-state index is 12.6. The minimum Gasteiger partial charge on any atom is -0.347 e. The van der Waals surface area contributed by atoms with Crippen LogP contribution in [-0.2, 0) is 13.1 Å². The first-order valence-electron chi connectivity index (χ1n) is 9.23. The lowest BCUT2D eigenvalue weighted by Gasteiger charge is -2.21. The standard InChI is InChI=1S/C22H23ClN4O/c1-3-27(15-17-9-5-4-6-10-17)22-25-16(2)13-20(26-22)21(28)24-14-18-11-7-8-12-19(18)23/h4-13H,3,14-15H2,1-2H3,(H,24,28). The van der Waals surface area contributed by atoms with Gasteiger partial charge in [-0.2, -0.15) is 0 Å². The van der Waals surface area contributed by atoms with Crippen molar-refractivity contribution in [2.24, 2.45) is 0 Å². The zero-order chi connectivity index (χ0) is 19.9. The van der Waals surface area contributed by atoms with Gasteiger partial charge >= 0.3 is 0 Å². The fourth-order valence-corrected chi connectivity index (χ4v) is 3.05. The number of benzene rings is 2. The number of aryl methyl sites for hydroxylation is 1. The van der Waals surface area contributed by atoms with Crippen LogP contribution in [0.1, 0.15) is 34.2 Å². The van der Waals surface area contributed by atoms with Crippen LogP contribution >= 0.6 is 11.6 Å². The van der Waals surface area contributed by atoms with E-state index < -0.39 is 0 Å². The third kappa shape index (κ3) is 5.08. The lowest BCUT2D eigenvalue weighted by Crippen LogP contribution is -2.28. The van der Waals surface area contributed by atoms with Crippen LogP contribution in [0, 0.1) is 6.92 Å². The highest BCUT2D eigenvalue weighted by Gasteiger charge is 2.15. The SMILES string of the molecule is CCN(Cc1ccccc1)c1nc(C)cc(C(=O)NCc2ccccc2Cl)n1. The first kappa shape index (κ1) is 19.8. The Bertz CT molecular complexity index is 946. The Morgan fingerprint density at radius 2 is 1.79 bits per heavy atom. The van der Waals surface area contributed by atoms with Crippen LogP contribution in [0.15, 0.2) is 60.7 Å². The Morgan fingerprint density at radius 1 is 1.07 bits per heavy atom. The second-order valence-corrected chi connectivity index (χ2v) is 6.88. The van der Waals surface area contributed by atoms with Crippen LogP contribution in [0.4, 0.5) is 5.95 Å². The number of nitrogens with one attached hydrogen (secondary N) is 1. The number of carbonyl (C=O) groups is 1. The van der Waals surface area contributed by atoms with Crippen LogP contribution < -0.4 is 10.2 Å². The number of carbonyl (C=O) groups excluding carboxylic acids is 1. The summed E-state index contributed by atoms with van der Waals surface area (Å²) in [5, 5.41) is 3.51. The summed E-state index contributed by atoms with van der Waals surface area (Å²) in [7, 11) is 0. The highest BCUT2D eigenvalue weighted by atomic mass is 35.5. The first-order chi connectivity index (χ1) is 13.6. The summed E-state index contributed by atoms with van der Waals surface area (Å²) < 4.78 is 0. The van der Waals surface area contributed by atoms with Gasteiger partial charge in [0.2, 0.25) is 5.95 Å². The van der Waals surface area contributed by atoms with Crippen molar-refractivity contribution in [1.82, 2.24) is 15.3 Å². The van der Waals surface area contributed by atoms with Crippen molar-refractivity contribution in [2.75, 3.05) is 11.4 Å². The predicted molar refractivity (Wildman–Crippen MR) is 113 cm³/mol. The number of halogens is 1. The molecule has 1 N–H and O–H groups in total. The van der Waals surface area contributed by atoms with Gasteiger partial charge in [0.15, 0.2) is 0 Å². The second-order valence-electron chi connectivity index (χ2n) is 6.47. The lowest BCUT2D eigenvalue weighted by molar-refractivity contribution is 0.0945. The zero-order valence-corrected chi connectivity index (χ0v) is 16.8. The summed E-state index contributed by atoms with van der Waals surface area (Å²) in [6, 6.07) is 19.3. The number of hydrogen-bond donors (Lipinski definition) is 1. The highest BCUT2D eigenvalue weighted by Crippen LogP contribution is 2.16. The molecule has 0 spiro atoms. The number of aromatic nitrogens is 2. The monoisotopic (exact) mass is 394 g/mol. The lowest BCUT2D eigenvalue weighted by atomic mass is 10.2. The average Bonchev–Trinajstić information content (AvgIpc) is 2.71. The smallest absolute Gasteiger partial charge is 0.270 e. The third-order valence-corrected chi connectivity index (χ3v) is 4.72. The maximum Gasteiger partial charge on any atom is 0.270 e. The minimum absolute atomic E-state index is 0.248. The molecule has 0 aliphatic carbocycles. The quantitative estimate of drug-likeness (QED) is 0.645. The Kier molecular flexibility index (Phi) is 6.61. The van der Waals surface area contributed by atoms with Crippen LogP contribution in [0.25, 0.3) is 0 Å². The Balaban J connectivity index is 1.76. The number of anilines is 1. The van der Waals surface area contributed by atoms with Crippen LogP contribution in [-0.4, -0.2) is 22.4 Å². The summed E-state index contributed by atoms with van der Waals surface area (Å²) >= 11 is 6.16. The maximum atomic E-state index is 12.6. The molecule has 1 heterocycles. The van der Waals surface area contributed by atoms with E-state index in [4.69, 9.17) is 11.6 Å². The van der Waals surface area contributed by atoms with Crippen molar-refractivity contribution in [3.8, 4) is 0 Å². The summed E-state index contributed by atoms with van der Waals surface area (Å²) in [5.41, 5.74) is 3.13. The van der Waals surface area contributed by atoms with Gasteiger partial charge in [-0.05, 0) is 37.1 Å². The molecular weight excluding hydrogens is 372 g/mol. The molecule has 0 bridgehead atoms. The van der Waals surface area contributed by atoms with Gasteiger partial charge in [0, 0.05) is 30.4 Å². The molecule has 1 aromatic heterocycles. The van der Waals surface area contributed by atoms with Gasteiger partial charge < -0.3 is 10.2 Å². The molecule has 0 unspecified atom stereocenters. The van der Waals surface area contributed by atoms with Gasteiger partial charge in [0.05, 0.1) is 0 Å². The van der Waals surface area contributed by atoms with Gasteiger partial charge in [0.1, 0.15) is 5.69 Å². The molecule has 3 rings (SSSR count). The van der Waals surface area contributed by atoms with Gasteiger partial charge in [-0.3, -0.25) is 4.79 Å². The molecule has 2 aromatic carbocycles. The Labute approximate surface area is 170 Å². The molecule has 28 heavy (non-hydrogen) atoms. The molecule has 0 saturated heterocycles. The largest absolute Gasteiger partial charge is 0.347 e. The molecule has 0 aliphatic rings. The Morgan fingerprint density at radius 3 is 2.50 bits per heavy atom. The summed E-state index contributed by atoms with van der Waals surface area (Å²) in [6.45, 7) is 5.68. The number of amides is 1. The van der Waals surface area contributed by atoms with E-state index in [9.17, 15) is 4.79 Å². The average molecular weight is 395 g/mol. The van der Waals surface area contributed by atoms with Gasteiger partial charge in [-0.25, -0.2) is 9.97 Å². The molecule has 1 amide bonds. The molecule has 6 heteroatoms. The van der Waals surface area contributed by atoms with E-state index in [2.05, 4.69) is 27.4 Å². The molecule has 0 saturated carbocycles. The van der Waals surface area contributed by atoms with Crippen molar-refractivity contribution in [3.05, 3.63) is 88.2 Å². The molecular formula is C22H23ClN4O. The Hall–Kier alpha value is -2.92. The van der Waals surface area contributed by atoms with Crippen molar-refractivity contribution in [1.29, 1.82) is 0 Å². The summed E-state index contributed by atoms with van der Waals surface area (Å²) in [6.07, 6.45) is 0. The molecule has 0 radical (unpaired) electrons. The molecule has 0 atom stereocenters. The number of nitrogens with zero attached hydrogens (tertiary/aromatic N) is 3. The molecule has 0 aliphatic heterocycles. The van der Waals surface area contributed by atoms with Crippen LogP contribution in [0.2, 0.25) is 5.02 Å². The van der Waals surface area contributed by atoms with Crippen molar-refractivity contribution < 1.29 is 4.79 Å². The molecule has 144 valence electrons. The number of hydrogen-bond acceptors (Lipinski definition) is 4. The van der Waals surface area contributed by atoms with Gasteiger partial charge in [-0.15, -0.1) is 0 Å². The first-order valence-corrected chi connectivity index (χ1v) is 9.60. The third-order valence-electron chi connectivity index (χ3n) is 4.35. The fourth-order valence-electron chi connectivity index (χ4n) is 2.85. The van der Waals surface area contributed by atoms with Gasteiger partial charge in [-0.1, -0.05) is 60.1 Å². The molecule has 5 nitrogen and oxygen atoms in total. The van der Waals surface area contributed by atoms with Crippen LogP contribution in [0.5, 0.6) is 0 Å². The van der Waals surface area contributed by atoms with E-state index in [1.807, 2.05) is 55.1 Å². The normalized spacial score (nSPS) is 10.5. The van der Waals surface area contributed by atoms with E-state index in [1.54, 1.807) is 12.1 Å². The van der Waals surface area contributed by atoms with E-state index in [1.165, 1.54) is 5.56 Å². The van der Waals surface area contributed by atoms with Crippen molar-refractivity contribution in [3.63, 3.8) is 0 Å². The topological polar surface area (TPSA) is 58.1 Å². The predicted octanol–water partition coefficient (Wildman–Crippen LogP) is 4.39. The van der Waals surface area contributed by atoms with Crippen molar-refractivity contribution in [2.45, 2.75) is 26.9 Å². The van der Waals surface area contributed by atoms with E-state index in [-0.39, 0.29) is 5.91 Å². The summed E-state index contributed by atoms with van der Waals surface area (Å²) in [5.74, 6) is 0.302. The van der Waals surface area contributed by atoms with Crippen LogP contribution in [0.3, 0.4) is 0 Å². The summed E-state index contributed by atoms with van der Waals surface area (Å²) in [4.78, 5) is 23.7. The highest BCUT2D eigenvalue weighted by molar-refractivity contribution is 6.31. The van der Waals surface area contributed by atoms with E-state index in [0.29, 0.717) is 29.8 Å². The molecule has 0 fully saturated rings. The number of rotatable bonds is 7. The minimum atomic E-state index is -0.248. The fraction of sp³-hybridized carbons (Fsp3) is 0.227. The van der Waals surface area contributed by atoms with Crippen molar-refractivity contribution >= 4 is 23.5 Å². The van der Waals surface area contributed by atoms with E-state index >= 15 is 0 Å².